The molecule has 0 radical (unpaired) electrons. The zero-order chi connectivity index (χ0) is 17.5. The summed E-state index contributed by atoms with van der Waals surface area (Å²) in [6.45, 7) is 0. The second-order valence-electron chi connectivity index (χ2n) is 5.54. The van der Waals surface area contributed by atoms with E-state index in [0.717, 1.165) is 23.0 Å². The molecule has 0 saturated heterocycles. The Labute approximate surface area is 136 Å². The normalized spacial score (nSPS) is 11.7. The molecule has 0 aliphatic heterocycles. The summed E-state index contributed by atoms with van der Waals surface area (Å²) < 4.78 is 40.6. The molecule has 1 aromatic heterocycles. The van der Waals surface area contributed by atoms with Crippen molar-refractivity contribution in [2.24, 2.45) is 7.05 Å². The monoisotopic (exact) mass is 332 g/mol. The highest BCUT2D eigenvalue weighted by atomic mass is 19.4. The molecule has 6 heteroatoms. The maximum absolute atomic E-state index is 12.9. The van der Waals surface area contributed by atoms with Crippen molar-refractivity contribution < 1.29 is 18.0 Å². The van der Waals surface area contributed by atoms with E-state index in [9.17, 15) is 18.0 Å². The average molecular weight is 332 g/mol. The topological polar surface area (TPSA) is 34.0 Å². The predicted molar refractivity (Wildman–Crippen MR) is 86.7 cm³/mol. The lowest BCUT2D eigenvalue weighted by Gasteiger charge is -2.08. The number of carbonyl (C=O) groups excluding carboxylic acids is 1. The van der Waals surface area contributed by atoms with Gasteiger partial charge in [0.1, 0.15) is 0 Å². The molecule has 3 rings (SSSR count). The van der Waals surface area contributed by atoms with Gasteiger partial charge in [-0.1, -0.05) is 18.2 Å². The summed E-state index contributed by atoms with van der Waals surface area (Å²) in [5, 5.41) is 3.35. The number of rotatable bonds is 2. The van der Waals surface area contributed by atoms with Gasteiger partial charge in [-0.2, -0.15) is 13.2 Å². The van der Waals surface area contributed by atoms with Crippen LogP contribution in [0.1, 0.15) is 15.9 Å². The Hall–Kier alpha value is -2.76. The highest BCUT2D eigenvalue weighted by Crippen LogP contribution is 2.35. The standard InChI is InChI=1S/C18H15F3N2O/c1-22-17(24)12-6-7-14-15(10-23(2)16(14)9-12)11-4-3-5-13(8-11)18(19,20)21/h3-10H,1-2H3,(H,22,24). The minimum atomic E-state index is -4.38. The molecule has 0 spiro atoms. The summed E-state index contributed by atoms with van der Waals surface area (Å²) in [7, 11) is 3.35. The largest absolute Gasteiger partial charge is 0.416 e. The molecule has 1 amide bonds. The Morgan fingerprint density at radius 2 is 1.88 bits per heavy atom. The molecule has 1 heterocycles. The molecular formula is C18H15F3N2O. The molecule has 3 nitrogen and oxygen atoms in total. The Kier molecular flexibility index (Phi) is 3.83. The molecule has 0 fully saturated rings. The summed E-state index contributed by atoms with van der Waals surface area (Å²) in [6, 6.07) is 10.4. The highest BCUT2D eigenvalue weighted by molar-refractivity contribution is 6.02. The maximum Gasteiger partial charge on any atom is 0.416 e. The van der Waals surface area contributed by atoms with E-state index in [4.69, 9.17) is 0 Å². The van der Waals surface area contributed by atoms with E-state index in [0.29, 0.717) is 16.7 Å². The lowest BCUT2D eigenvalue weighted by atomic mass is 10.0. The van der Waals surface area contributed by atoms with Crippen molar-refractivity contribution in [3.63, 3.8) is 0 Å². The van der Waals surface area contributed by atoms with Gasteiger partial charge in [0.25, 0.3) is 5.91 Å². The van der Waals surface area contributed by atoms with E-state index in [-0.39, 0.29) is 5.91 Å². The zero-order valence-electron chi connectivity index (χ0n) is 13.1. The number of fused-ring (bicyclic) bond motifs is 1. The van der Waals surface area contributed by atoms with Crippen molar-refractivity contribution in [2.75, 3.05) is 7.05 Å². The third-order valence-corrected chi connectivity index (χ3v) is 3.98. The van der Waals surface area contributed by atoms with Crippen LogP contribution in [-0.4, -0.2) is 17.5 Å². The van der Waals surface area contributed by atoms with Gasteiger partial charge in [0.05, 0.1) is 5.56 Å². The second kappa shape index (κ2) is 5.70. The molecule has 0 aliphatic rings. The van der Waals surface area contributed by atoms with E-state index < -0.39 is 11.7 Å². The van der Waals surface area contributed by atoms with Gasteiger partial charge >= 0.3 is 6.18 Å². The van der Waals surface area contributed by atoms with Crippen LogP contribution in [-0.2, 0) is 13.2 Å². The fourth-order valence-corrected chi connectivity index (χ4v) is 2.76. The first-order valence-corrected chi connectivity index (χ1v) is 7.30. The van der Waals surface area contributed by atoms with Crippen LogP contribution < -0.4 is 5.32 Å². The van der Waals surface area contributed by atoms with E-state index >= 15 is 0 Å². The summed E-state index contributed by atoms with van der Waals surface area (Å²) in [5.74, 6) is -0.210. The van der Waals surface area contributed by atoms with Crippen LogP contribution in [0.4, 0.5) is 13.2 Å². The summed E-state index contributed by atoms with van der Waals surface area (Å²) in [6.07, 6.45) is -2.61. The molecule has 1 N–H and O–H groups in total. The van der Waals surface area contributed by atoms with Crippen LogP contribution in [0.2, 0.25) is 0 Å². The maximum atomic E-state index is 12.9. The molecule has 0 unspecified atom stereocenters. The Morgan fingerprint density at radius 3 is 2.54 bits per heavy atom. The average Bonchev–Trinajstić information content (AvgIpc) is 2.90. The lowest BCUT2D eigenvalue weighted by Crippen LogP contribution is -2.17. The third-order valence-electron chi connectivity index (χ3n) is 3.98. The number of alkyl halides is 3. The van der Waals surface area contributed by atoms with Crippen molar-refractivity contribution in [3.05, 3.63) is 59.8 Å². The third kappa shape index (κ3) is 2.75. The van der Waals surface area contributed by atoms with Gasteiger partial charge in [-0.05, 0) is 29.8 Å². The highest BCUT2D eigenvalue weighted by Gasteiger charge is 2.30. The van der Waals surface area contributed by atoms with Crippen molar-refractivity contribution in [1.82, 2.24) is 9.88 Å². The van der Waals surface area contributed by atoms with E-state index in [1.807, 2.05) is 0 Å². The first kappa shape index (κ1) is 16.1. The van der Waals surface area contributed by atoms with Crippen molar-refractivity contribution in [2.45, 2.75) is 6.18 Å². The van der Waals surface area contributed by atoms with E-state index in [1.165, 1.54) is 6.07 Å². The van der Waals surface area contributed by atoms with Gasteiger partial charge in [0, 0.05) is 42.3 Å². The Morgan fingerprint density at radius 1 is 1.12 bits per heavy atom. The van der Waals surface area contributed by atoms with Crippen molar-refractivity contribution >= 4 is 16.8 Å². The number of amides is 1. The number of carbonyl (C=O) groups is 1. The van der Waals surface area contributed by atoms with Gasteiger partial charge in [-0.15, -0.1) is 0 Å². The van der Waals surface area contributed by atoms with Crippen molar-refractivity contribution in [3.8, 4) is 11.1 Å². The van der Waals surface area contributed by atoms with Gasteiger partial charge < -0.3 is 9.88 Å². The van der Waals surface area contributed by atoms with Crippen LogP contribution in [0.15, 0.2) is 48.7 Å². The Balaban J connectivity index is 2.16. The number of halogens is 3. The fourth-order valence-electron chi connectivity index (χ4n) is 2.76. The van der Waals surface area contributed by atoms with Crippen molar-refractivity contribution in [1.29, 1.82) is 0 Å². The predicted octanol–water partition coefficient (Wildman–Crippen LogP) is 4.22. The van der Waals surface area contributed by atoms with Gasteiger partial charge in [-0.25, -0.2) is 0 Å². The first-order valence-electron chi connectivity index (χ1n) is 7.30. The fraction of sp³-hybridized carbons (Fsp3) is 0.167. The van der Waals surface area contributed by atoms with Crippen LogP contribution in [0.5, 0.6) is 0 Å². The smallest absolute Gasteiger partial charge is 0.355 e. The number of nitrogens with one attached hydrogen (secondary N) is 1. The number of hydrogen-bond donors (Lipinski definition) is 1. The number of aryl methyl sites for hydroxylation is 1. The minimum absolute atomic E-state index is 0.210. The summed E-state index contributed by atoms with van der Waals surface area (Å²) >= 11 is 0. The van der Waals surface area contributed by atoms with Gasteiger partial charge in [0.15, 0.2) is 0 Å². The van der Waals surface area contributed by atoms with E-state index in [1.54, 1.807) is 49.1 Å². The summed E-state index contributed by atoms with van der Waals surface area (Å²) in [5.41, 5.74) is 1.79. The van der Waals surface area contributed by atoms with Crippen LogP contribution >= 0.6 is 0 Å². The summed E-state index contributed by atoms with van der Waals surface area (Å²) in [4.78, 5) is 11.8. The molecule has 0 bridgehead atoms. The molecule has 0 atom stereocenters. The minimum Gasteiger partial charge on any atom is -0.355 e. The lowest BCUT2D eigenvalue weighted by molar-refractivity contribution is -0.137. The number of hydrogen-bond acceptors (Lipinski definition) is 1. The molecule has 2 aromatic carbocycles. The Bertz CT molecular complexity index is 926. The van der Waals surface area contributed by atoms with Gasteiger partial charge in [-0.3, -0.25) is 4.79 Å². The van der Waals surface area contributed by atoms with Crippen LogP contribution in [0.25, 0.3) is 22.0 Å². The molecule has 3 aromatic rings. The SMILES string of the molecule is CNC(=O)c1ccc2c(-c3cccc(C(F)(F)F)c3)cn(C)c2c1. The van der Waals surface area contributed by atoms with Crippen LogP contribution in [0.3, 0.4) is 0 Å². The molecule has 0 aliphatic carbocycles. The molecule has 124 valence electrons. The molecular weight excluding hydrogens is 317 g/mol. The molecule has 0 saturated carbocycles. The zero-order valence-corrected chi connectivity index (χ0v) is 13.1. The quantitative estimate of drug-likeness (QED) is 0.749. The molecule has 24 heavy (non-hydrogen) atoms. The first-order chi connectivity index (χ1) is 11.3. The van der Waals surface area contributed by atoms with Gasteiger partial charge in [0.2, 0.25) is 0 Å². The number of benzene rings is 2. The van der Waals surface area contributed by atoms with E-state index in [2.05, 4.69) is 5.32 Å². The van der Waals surface area contributed by atoms with Crippen LogP contribution in [0, 0.1) is 0 Å². The second-order valence-corrected chi connectivity index (χ2v) is 5.54. The number of aromatic nitrogens is 1. The number of nitrogens with zero attached hydrogens (tertiary/aromatic N) is 1.